The van der Waals surface area contributed by atoms with Crippen molar-refractivity contribution < 1.29 is 9.53 Å². The molecule has 1 aliphatic rings. The van der Waals surface area contributed by atoms with Crippen LogP contribution in [0.2, 0.25) is 0 Å². The predicted octanol–water partition coefficient (Wildman–Crippen LogP) is 3.53. The summed E-state index contributed by atoms with van der Waals surface area (Å²) < 4.78 is 8.84. The Morgan fingerprint density at radius 3 is 2.81 bits per heavy atom. The molecule has 1 aliphatic heterocycles. The molecule has 4 nitrogen and oxygen atoms in total. The van der Waals surface area contributed by atoms with Crippen molar-refractivity contribution in [3.05, 3.63) is 58.6 Å². The van der Waals surface area contributed by atoms with E-state index in [-0.39, 0.29) is 12.0 Å². The van der Waals surface area contributed by atoms with E-state index in [4.69, 9.17) is 4.74 Å². The highest BCUT2D eigenvalue weighted by molar-refractivity contribution is 7.03. The molecule has 1 atom stereocenters. The predicted molar refractivity (Wildman–Crippen MR) is 83.7 cm³/mol. The Labute approximate surface area is 127 Å². The molecule has 0 radical (unpaired) electrons. The zero-order valence-electron chi connectivity index (χ0n) is 11.5. The fraction of sp³-hybridized carbons (Fsp3) is 0.188. The summed E-state index contributed by atoms with van der Waals surface area (Å²) in [7, 11) is 1.38. The largest absolute Gasteiger partial charge is 0.465 e. The van der Waals surface area contributed by atoms with Gasteiger partial charge in [0.2, 0.25) is 0 Å². The third-order valence-corrected chi connectivity index (χ3v) is 4.00. The fourth-order valence-corrected chi connectivity index (χ4v) is 2.82. The van der Waals surface area contributed by atoms with Crippen molar-refractivity contribution in [1.82, 2.24) is 4.37 Å². The minimum Gasteiger partial charge on any atom is -0.465 e. The Kier molecular flexibility index (Phi) is 3.92. The summed E-state index contributed by atoms with van der Waals surface area (Å²) in [6, 6.07) is 7.36. The summed E-state index contributed by atoms with van der Waals surface area (Å²) in [4.78, 5) is 16.0. The SMILES string of the molecule is COC(=O)c1ccc([C@@H]2C=C(c3cnsc3)CC=N2)cc1. The lowest BCUT2D eigenvalue weighted by Crippen LogP contribution is -2.03. The maximum atomic E-state index is 11.4. The molecule has 0 spiro atoms. The fourth-order valence-electron chi connectivity index (χ4n) is 2.26. The van der Waals surface area contributed by atoms with E-state index in [1.54, 1.807) is 12.1 Å². The molecule has 21 heavy (non-hydrogen) atoms. The number of carbonyl (C=O) groups is 1. The molecule has 3 rings (SSSR count). The standard InChI is InChI=1S/C16H14N2O2S/c1-20-16(19)12-4-2-11(3-5-12)15-8-13(6-7-17-15)14-9-18-21-10-14/h2-5,7-10,15H,6H2,1H3/t15-/m0/s1. The number of dihydropyridines is 1. The number of aliphatic imine (C=N–C) groups is 1. The molecule has 0 bridgehead atoms. The van der Waals surface area contributed by atoms with E-state index in [2.05, 4.69) is 15.4 Å². The van der Waals surface area contributed by atoms with Gasteiger partial charge in [0.05, 0.1) is 18.7 Å². The molecule has 2 aromatic rings. The van der Waals surface area contributed by atoms with Crippen LogP contribution in [0.1, 0.15) is 33.9 Å². The lowest BCUT2D eigenvalue weighted by molar-refractivity contribution is 0.0600. The van der Waals surface area contributed by atoms with Gasteiger partial charge in [-0.25, -0.2) is 9.17 Å². The van der Waals surface area contributed by atoms with E-state index >= 15 is 0 Å². The number of esters is 1. The van der Waals surface area contributed by atoms with Crippen molar-refractivity contribution in [3.8, 4) is 0 Å². The Morgan fingerprint density at radius 2 is 2.14 bits per heavy atom. The van der Waals surface area contributed by atoms with E-state index in [1.807, 2.05) is 29.9 Å². The van der Waals surface area contributed by atoms with Crippen molar-refractivity contribution in [1.29, 1.82) is 0 Å². The lowest BCUT2D eigenvalue weighted by Gasteiger charge is -2.15. The van der Waals surface area contributed by atoms with E-state index in [0.29, 0.717) is 5.56 Å². The van der Waals surface area contributed by atoms with E-state index in [9.17, 15) is 4.79 Å². The highest BCUT2D eigenvalue weighted by Crippen LogP contribution is 2.30. The van der Waals surface area contributed by atoms with Crippen LogP contribution in [0, 0.1) is 0 Å². The maximum absolute atomic E-state index is 11.4. The van der Waals surface area contributed by atoms with Gasteiger partial charge in [0.15, 0.2) is 0 Å². The average molecular weight is 298 g/mol. The second kappa shape index (κ2) is 6.01. The molecule has 0 aliphatic carbocycles. The Balaban J connectivity index is 1.84. The van der Waals surface area contributed by atoms with E-state index in [1.165, 1.54) is 24.2 Å². The summed E-state index contributed by atoms with van der Waals surface area (Å²) in [6.45, 7) is 0. The first-order valence-electron chi connectivity index (χ1n) is 6.58. The van der Waals surface area contributed by atoms with Crippen LogP contribution in [-0.4, -0.2) is 23.7 Å². The van der Waals surface area contributed by atoms with Gasteiger partial charge in [-0.05, 0) is 34.8 Å². The summed E-state index contributed by atoms with van der Waals surface area (Å²) in [5.41, 5.74) is 4.00. The van der Waals surface area contributed by atoms with Crippen LogP contribution >= 0.6 is 11.5 Å². The molecule has 0 N–H and O–H groups in total. The Bertz CT molecular complexity index is 688. The maximum Gasteiger partial charge on any atom is 0.337 e. The number of aromatic nitrogens is 1. The minimum absolute atomic E-state index is 0.0136. The average Bonchev–Trinajstić information content (AvgIpc) is 3.09. The quantitative estimate of drug-likeness (QED) is 0.815. The number of hydrogen-bond donors (Lipinski definition) is 0. The van der Waals surface area contributed by atoms with Crippen molar-refractivity contribution in [3.63, 3.8) is 0 Å². The molecule has 0 saturated carbocycles. The highest BCUT2D eigenvalue weighted by Gasteiger charge is 2.14. The first-order valence-corrected chi connectivity index (χ1v) is 7.42. The number of carbonyl (C=O) groups excluding carboxylic acids is 1. The molecule has 0 saturated heterocycles. The zero-order valence-corrected chi connectivity index (χ0v) is 12.3. The molecule has 5 heteroatoms. The number of methoxy groups -OCH3 is 1. The molecule has 1 aromatic carbocycles. The topological polar surface area (TPSA) is 51.5 Å². The van der Waals surface area contributed by atoms with Gasteiger partial charge in [0.1, 0.15) is 0 Å². The number of hydrogen-bond acceptors (Lipinski definition) is 5. The summed E-state index contributed by atoms with van der Waals surface area (Å²) in [5.74, 6) is -0.325. The second-order valence-electron chi connectivity index (χ2n) is 4.70. The van der Waals surface area contributed by atoms with Gasteiger partial charge in [-0.1, -0.05) is 18.2 Å². The highest BCUT2D eigenvalue weighted by atomic mass is 32.1. The number of nitrogens with zero attached hydrogens (tertiary/aromatic N) is 2. The number of ether oxygens (including phenoxy) is 1. The van der Waals surface area contributed by atoms with Gasteiger partial charge in [-0.3, -0.25) is 4.99 Å². The van der Waals surface area contributed by atoms with Crippen molar-refractivity contribution in [2.45, 2.75) is 12.5 Å². The molecule has 0 amide bonds. The summed E-state index contributed by atoms with van der Waals surface area (Å²) in [5, 5.41) is 2.04. The van der Waals surface area contributed by atoms with Crippen molar-refractivity contribution in [2.75, 3.05) is 7.11 Å². The second-order valence-corrected chi connectivity index (χ2v) is 5.36. The van der Waals surface area contributed by atoms with E-state index in [0.717, 1.165) is 17.5 Å². The van der Waals surface area contributed by atoms with Crippen molar-refractivity contribution >= 4 is 29.3 Å². The van der Waals surface area contributed by atoms with Gasteiger partial charge in [0, 0.05) is 29.8 Å². The smallest absolute Gasteiger partial charge is 0.337 e. The number of allylic oxidation sites excluding steroid dienone is 1. The van der Waals surface area contributed by atoms with Gasteiger partial charge < -0.3 is 4.74 Å². The van der Waals surface area contributed by atoms with Crippen LogP contribution in [0.25, 0.3) is 5.57 Å². The normalized spacial score (nSPS) is 17.4. The van der Waals surface area contributed by atoms with Crippen LogP contribution in [0.4, 0.5) is 0 Å². The summed E-state index contributed by atoms with van der Waals surface area (Å²) >= 11 is 1.45. The van der Waals surface area contributed by atoms with Gasteiger partial charge in [-0.2, -0.15) is 0 Å². The third kappa shape index (κ3) is 2.92. The van der Waals surface area contributed by atoms with Gasteiger partial charge >= 0.3 is 5.97 Å². The monoisotopic (exact) mass is 298 g/mol. The van der Waals surface area contributed by atoms with Crippen LogP contribution < -0.4 is 0 Å². The number of benzene rings is 1. The number of rotatable bonds is 3. The van der Waals surface area contributed by atoms with Crippen molar-refractivity contribution in [2.24, 2.45) is 4.99 Å². The van der Waals surface area contributed by atoms with Crippen LogP contribution in [0.5, 0.6) is 0 Å². The van der Waals surface area contributed by atoms with Crippen LogP contribution in [0.15, 0.2) is 46.9 Å². The molecular formula is C16H14N2O2S. The zero-order chi connectivity index (χ0) is 14.7. The lowest BCUT2D eigenvalue weighted by atomic mass is 9.97. The first kappa shape index (κ1) is 13.7. The van der Waals surface area contributed by atoms with Crippen LogP contribution in [0.3, 0.4) is 0 Å². The third-order valence-electron chi connectivity index (χ3n) is 3.41. The molecule has 0 unspecified atom stereocenters. The van der Waals surface area contributed by atoms with Crippen LogP contribution in [-0.2, 0) is 4.74 Å². The molecule has 106 valence electrons. The molecule has 0 fully saturated rings. The molecular weight excluding hydrogens is 284 g/mol. The molecule has 2 heterocycles. The Hall–Kier alpha value is -2.27. The van der Waals surface area contributed by atoms with E-state index < -0.39 is 0 Å². The van der Waals surface area contributed by atoms with Gasteiger partial charge in [-0.15, -0.1) is 0 Å². The summed E-state index contributed by atoms with van der Waals surface area (Å²) in [6.07, 6.45) is 6.80. The van der Waals surface area contributed by atoms with Gasteiger partial charge in [0.25, 0.3) is 0 Å². The Morgan fingerprint density at radius 1 is 1.33 bits per heavy atom. The molecule has 1 aromatic heterocycles. The minimum atomic E-state index is -0.325. The first-order chi connectivity index (χ1) is 10.3.